The van der Waals surface area contributed by atoms with Gasteiger partial charge in [0.15, 0.2) is 6.10 Å². The third-order valence-electron chi connectivity index (χ3n) is 5.69. The predicted molar refractivity (Wildman–Crippen MR) is 154 cm³/mol. The van der Waals surface area contributed by atoms with Crippen molar-refractivity contribution < 1.29 is 43.6 Å². The van der Waals surface area contributed by atoms with Gasteiger partial charge in [0.1, 0.15) is 18.4 Å². The average molecular weight is 585 g/mol. The molecule has 0 spiro atoms. The highest BCUT2D eigenvalue weighted by Gasteiger charge is 2.34. The SMILES string of the molecule is CC.CC.CNC(=O)OCc1ccc(OC2CC(O)CC(C(=O)O)O2)c(NC(=O)C(C)NC(=O)C(NC)C(C)C)c1. The van der Waals surface area contributed by atoms with Crippen LogP contribution in [-0.4, -0.2) is 78.8 Å². The molecule has 0 aromatic heterocycles. The number of carboxylic acid groups (broad SMARTS) is 1. The molecular formula is C28H48N4O9. The molecule has 1 saturated heterocycles. The van der Waals surface area contributed by atoms with Crippen molar-refractivity contribution >= 4 is 29.6 Å². The van der Waals surface area contributed by atoms with Crippen LogP contribution in [0, 0.1) is 5.92 Å². The molecule has 1 aromatic carbocycles. The van der Waals surface area contributed by atoms with Crippen molar-refractivity contribution in [2.24, 2.45) is 5.92 Å². The Morgan fingerprint density at radius 3 is 2.20 bits per heavy atom. The third kappa shape index (κ3) is 12.7. The molecule has 5 unspecified atom stereocenters. The minimum Gasteiger partial charge on any atom is -0.479 e. The Bertz CT molecular complexity index is 974. The number of benzene rings is 1. The molecule has 1 aliphatic heterocycles. The Balaban J connectivity index is 0.00000382. The normalized spacial score (nSPS) is 19.1. The summed E-state index contributed by atoms with van der Waals surface area (Å²) in [4.78, 5) is 48.3. The van der Waals surface area contributed by atoms with Gasteiger partial charge in [-0.05, 0) is 37.6 Å². The Labute approximate surface area is 242 Å². The van der Waals surface area contributed by atoms with Crippen LogP contribution < -0.4 is 26.0 Å². The first-order valence-electron chi connectivity index (χ1n) is 13.9. The predicted octanol–water partition coefficient (Wildman–Crippen LogP) is 2.61. The molecule has 0 aliphatic carbocycles. The summed E-state index contributed by atoms with van der Waals surface area (Å²) in [6, 6.07) is 3.20. The largest absolute Gasteiger partial charge is 0.479 e. The lowest BCUT2D eigenvalue weighted by Crippen LogP contribution is -2.51. The maximum atomic E-state index is 12.9. The summed E-state index contributed by atoms with van der Waals surface area (Å²) in [7, 11) is 3.08. The smallest absolute Gasteiger partial charge is 0.407 e. The second kappa shape index (κ2) is 19.6. The van der Waals surface area contributed by atoms with E-state index in [1.54, 1.807) is 13.1 Å². The molecule has 6 N–H and O–H groups in total. The van der Waals surface area contributed by atoms with E-state index in [2.05, 4.69) is 21.3 Å². The van der Waals surface area contributed by atoms with Crippen LogP contribution in [0.1, 0.15) is 66.9 Å². The molecule has 13 heteroatoms. The highest BCUT2D eigenvalue weighted by molar-refractivity contribution is 5.98. The number of aliphatic hydroxyl groups is 1. The molecule has 1 aromatic rings. The van der Waals surface area contributed by atoms with Crippen molar-refractivity contribution in [2.45, 2.75) is 98.5 Å². The first-order chi connectivity index (χ1) is 19.4. The summed E-state index contributed by atoms with van der Waals surface area (Å²) in [6.07, 6.45) is -3.98. The number of ether oxygens (including phenoxy) is 3. The number of amides is 3. The fourth-order valence-electron chi connectivity index (χ4n) is 3.70. The van der Waals surface area contributed by atoms with Crippen LogP contribution in [0.2, 0.25) is 0 Å². The zero-order chi connectivity index (χ0) is 31.7. The van der Waals surface area contributed by atoms with Crippen LogP contribution in [-0.2, 0) is 30.5 Å². The molecule has 0 saturated carbocycles. The lowest BCUT2D eigenvalue weighted by Gasteiger charge is -2.31. The zero-order valence-electron chi connectivity index (χ0n) is 25.6. The van der Waals surface area contributed by atoms with Gasteiger partial charge in [0.2, 0.25) is 18.1 Å². The Morgan fingerprint density at radius 1 is 1.02 bits per heavy atom. The molecule has 1 aliphatic rings. The van der Waals surface area contributed by atoms with E-state index >= 15 is 0 Å². The Morgan fingerprint density at radius 2 is 1.66 bits per heavy atom. The number of aliphatic carboxylic acids is 1. The van der Waals surface area contributed by atoms with Crippen LogP contribution in [0.15, 0.2) is 18.2 Å². The highest BCUT2D eigenvalue weighted by atomic mass is 16.7. The number of aliphatic hydroxyl groups excluding tert-OH is 1. The summed E-state index contributed by atoms with van der Waals surface area (Å²) in [6.45, 7) is 13.2. The number of hydrogen-bond donors (Lipinski definition) is 6. The minimum atomic E-state index is -1.25. The second-order valence-corrected chi connectivity index (χ2v) is 9.02. The maximum absolute atomic E-state index is 12.9. The van der Waals surface area contributed by atoms with Crippen LogP contribution in [0.3, 0.4) is 0 Å². The number of rotatable bonds is 11. The third-order valence-corrected chi connectivity index (χ3v) is 5.69. The van der Waals surface area contributed by atoms with E-state index in [0.717, 1.165) is 0 Å². The van der Waals surface area contributed by atoms with Gasteiger partial charge in [0.05, 0.1) is 17.8 Å². The van der Waals surface area contributed by atoms with Crippen molar-refractivity contribution in [1.82, 2.24) is 16.0 Å². The molecule has 2 rings (SSSR count). The number of hydrogen-bond acceptors (Lipinski definition) is 9. The molecule has 1 fully saturated rings. The van der Waals surface area contributed by atoms with E-state index in [-0.39, 0.29) is 42.7 Å². The number of alkyl carbamates (subject to hydrolysis) is 1. The van der Waals surface area contributed by atoms with E-state index in [1.807, 2.05) is 41.5 Å². The van der Waals surface area contributed by atoms with Crippen molar-refractivity contribution in [3.63, 3.8) is 0 Å². The van der Waals surface area contributed by atoms with Crippen LogP contribution >= 0.6 is 0 Å². The van der Waals surface area contributed by atoms with Gasteiger partial charge in [0, 0.05) is 19.9 Å². The first kappa shape index (κ1) is 37.6. The standard InChI is InChI=1S/C24H36N4O9.2C2H6/c1-12(2)20(25-4)22(31)27-13(3)21(30)28-16-8-14(11-35-24(34)26-5)6-7-17(16)36-19-10-15(29)9-18(37-19)23(32)33;2*1-2/h6-8,12-13,15,18-20,25,29H,9-11H2,1-5H3,(H,26,34)(H,27,31)(H,28,30)(H,32,33);2*1-2H3. The molecule has 3 amide bonds. The summed E-state index contributed by atoms with van der Waals surface area (Å²) in [5.74, 6) is -1.98. The van der Waals surface area contributed by atoms with E-state index in [4.69, 9.17) is 14.2 Å². The van der Waals surface area contributed by atoms with Crippen molar-refractivity contribution in [2.75, 3.05) is 19.4 Å². The lowest BCUT2D eigenvalue weighted by atomic mass is 10.0. The fourth-order valence-corrected chi connectivity index (χ4v) is 3.70. The maximum Gasteiger partial charge on any atom is 0.407 e. The molecule has 234 valence electrons. The minimum absolute atomic E-state index is 0.00209. The lowest BCUT2D eigenvalue weighted by molar-refractivity contribution is -0.195. The molecule has 0 bridgehead atoms. The number of carboxylic acids is 1. The summed E-state index contributed by atoms with van der Waals surface area (Å²) in [5.41, 5.74) is 0.694. The number of carbonyl (C=O) groups excluding carboxylic acids is 3. The van der Waals surface area contributed by atoms with E-state index in [9.17, 15) is 29.4 Å². The molecule has 0 radical (unpaired) electrons. The number of carbonyl (C=O) groups is 4. The second-order valence-electron chi connectivity index (χ2n) is 9.02. The van der Waals surface area contributed by atoms with Gasteiger partial charge >= 0.3 is 12.1 Å². The average Bonchev–Trinajstić information content (AvgIpc) is 2.94. The van der Waals surface area contributed by atoms with Gasteiger partial charge in [-0.25, -0.2) is 9.59 Å². The van der Waals surface area contributed by atoms with Gasteiger partial charge in [-0.3, -0.25) is 9.59 Å². The van der Waals surface area contributed by atoms with Crippen molar-refractivity contribution in [3.05, 3.63) is 23.8 Å². The van der Waals surface area contributed by atoms with E-state index in [1.165, 1.54) is 26.1 Å². The van der Waals surface area contributed by atoms with Crippen LogP contribution in [0.5, 0.6) is 5.75 Å². The van der Waals surface area contributed by atoms with Crippen LogP contribution in [0.4, 0.5) is 10.5 Å². The quantitative estimate of drug-likeness (QED) is 0.226. The van der Waals surface area contributed by atoms with Crippen molar-refractivity contribution in [1.29, 1.82) is 0 Å². The first-order valence-corrected chi connectivity index (χ1v) is 13.9. The Hall–Kier alpha value is -3.42. The number of likely N-dealkylation sites (N-methyl/N-ethyl adjacent to an activating group) is 1. The fraction of sp³-hybridized carbons (Fsp3) is 0.643. The molecule has 1 heterocycles. The van der Waals surface area contributed by atoms with Gasteiger partial charge in [-0.2, -0.15) is 0 Å². The molecule has 13 nitrogen and oxygen atoms in total. The summed E-state index contributed by atoms with van der Waals surface area (Å²) >= 11 is 0. The van der Waals surface area contributed by atoms with Gasteiger partial charge in [0.25, 0.3) is 0 Å². The zero-order valence-corrected chi connectivity index (χ0v) is 25.6. The number of nitrogens with one attached hydrogen (secondary N) is 4. The molecule has 41 heavy (non-hydrogen) atoms. The van der Waals surface area contributed by atoms with E-state index < -0.39 is 48.6 Å². The van der Waals surface area contributed by atoms with Gasteiger partial charge in [-0.15, -0.1) is 0 Å². The summed E-state index contributed by atoms with van der Waals surface area (Å²) in [5, 5.41) is 29.9. The highest BCUT2D eigenvalue weighted by Crippen LogP contribution is 2.30. The monoisotopic (exact) mass is 584 g/mol. The van der Waals surface area contributed by atoms with E-state index in [0.29, 0.717) is 5.56 Å². The number of anilines is 1. The topological polar surface area (TPSA) is 185 Å². The Kier molecular flexibility index (Phi) is 18.0. The van der Waals surface area contributed by atoms with Gasteiger partial charge in [-0.1, -0.05) is 47.6 Å². The molecule has 5 atom stereocenters. The van der Waals surface area contributed by atoms with Crippen LogP contribution in [0.25, 0.3) is 0 Å². The molecular weight excluding hydrogens is 536 g/mol. The van der Waals surface area contributed by atoms with Crippen molar-refractivity contribution in [3.8, 4) is 5.75 Å². The summed E-state index contributed by atoms with van der Waals surface area (Å²) < 4.78 is 16.3. The van der Waals surface area contributed by atoms with Gasteiger partial charge < -0.3 is 45.7 Å².